The fraction of sp³-hybridized carbons (Fsp3) is 0.368. The Morgan fingerprint density at radius 3 is 2.76 bits per heavy atom. The molecule has 0 radical (unpaired) electrons. The maximum absolute atomic E-state index is 12.5. The average Bonchev–Trinajstić information content (AvgIpc) is 3.29. The van der Waals surface area contributed by atoms with Crippen molar-refractivity contribution in [3.8, 4) is 0 Å². The van der Waals surface area contributed by atoms with Crippen LogP contribution in [0.1, 0.15) is 23.5 Å². The summed E-state index contributed by atoms with van der Waals surface area (Å²) in [5.41, 5.74) is 0.0984. The van der Waals surface area contributed by atoms with E-state index in [9.17, 15) is 15.0 Å². The van der Waals surface area contributed by atoms with Crippen molar-refractivity contribution in [3.05, 3.63) is 48.5 Å². The number of aliphatic hydroxyl groups is 2. The van der Waals surface area contributed by atoms with Crippen LogP contribution in [-0.4, -0.2) is 67.2 Å². The number of anilines is 1. The summed E-state index contributed by atoms with van der Waals surface area (Å²) in [7, 11) is 1.46. The number of rotatable bonds is 5. The van der Waals surface area contributed by atoms with E-state index in [0.29, 0.717) is 16.7 Å². The van der Waals surface area contributed by atoms with E-state index in [1.165, 1.54) is 19.8 Å². The summed E-state index contributed by atoms with van der Waals surface area (Å²) in [6.45, 7) is 1.32. The largest absolute Gasteiger partial charge is 0.394 e. The zero-order valence-corrected chi connectivity index (χ0v) is 15.9. The minimum atomic E-state index is -1.14. The number of aromatic nitrogens is 4. The Bertz CT molecular complexity index is 1030. The van der Waals surface area contributed by atoms with Crippen LogP contribution in [0.5, 0.6) is 0 Å². The molecule has 152 valence electrons. The quantitative estimate of drug-likeness (QED) is 0.572. The highest BCUT2D eigenvalue weighted by atomic mass is 16.6. The second-order valence-electron chi connectivity index (χ2n) is 6.91. The predicted molar refractivity (Wildman–Crippen MR) is 102 cm³/mol. The van der Waals surface area contributed by atoms with Crippen LogP contribution in [0.15, 0.2) is 43.0 Å². The molecule has 10 nitrogen and oxygen atoms in total. The Morgan fingerprint density at radius 2 is 2.07 bits per heavy atom. The first kappa shape index (κ1) is 19.4. The van der Waals surface area contributed by atoms with Gasteiger partial charge >= 0.3 is 0 Å². The number of carbonyl (C=O) groups excluding carboxylic acids is 1. The minimum Gasteiger partial charge on any atom is -0.394 e. The third kappa shape index (κ3) is 3.15. The highest BCUT2D eigenvalue weighted by Crippen LogP contribution is 2.41. The smallest absolute Gasteiger partial charge is 0.256 e. The molecule has 1 aliphatic heterocycles. The van der Waals surface area contributed by atoms with Crippen LogP contribution in [0.2, 0.25) is 0 Å². The summed E-state index contributed by atoms with van der Waals surface area (Å²) >= 11 is 0. The maximum Gasteiger partial charge on any atom is 0.256 e. The number of amides is 1. The number of carbonyl (C=O) groups is 1. The fourth-order valence-corrected chi connectivity index (χ4v) is 3.48. The van der Waals surface area contributed by atoms with Crippen molar-refractivity contribution in [2.75, 3.05) is 19.0 Å². The Labute approximate surface area is 166 Å². The molecule has 1 saturated heterocycles. The minimum absolute atomic E-state index is 0.249. The third-order valence-electron chi connectivity index (χ3n) is 5.23. The number of nitrogens with one attached hydrogen (secondary N) is 1. The lowest BCUT2D eigenvalue weighted by Gasteiger charge is -2.31. The summed E-state index contributed by atoms with van der Waals surface area (Å²) < 4.78 is 13.0. The van der Waals surface area contributed by atoms with Gasteiger partial charge in [-0.05, 0) is 19.1 Å². The maximum atomic E-state index is 12.5. The number of methoxy groups -OCH3 is 1. The Hall–Kier alpha value is -2.92. The molecular weight excluding hydrogens is 378 g/mol. The second kappa shape index (κ2) is 7.48. The Balaban J connectivity index is 1.70. The van der Waals surface area contributed by atoms with Gasteiger partial charge in [0, 0.05) is 12.7 Å². The van der Waals surface area contributed by atoms with E-state index in [2.05, 4.69) is 20.3 Å². The normalized spacial score (nSPS) is 26.7. The molecule has 4 rings (SSSR count). The monoisotopic (exact) mass is 399 g/mol. The highest BCUT2D eigenvalue weighted by molar-refractivity contribution is 6.06. The number of hydrogen-bond acceptors (Lipinski definition) is 8. The number of nitrogens with zero attached hydrogens (tertiary/aromatic N) is 4. The first-order valence-electron chi connectivity index (χ1n) is 9.03. The van der Waals surface area contributed by atoms with Crippen LogP contribution in [0, 0.1) is 0 Å². The standard InChI is InChI=1S/C19H21N5O5/c1-19(28-2)14(26)12(8-25)29-18(19)24-10-22-13-15(20-9-21-16(13)24)23-17(27)11-6-4-3-5-7-11/h3-7,9-10,12,14,18,25-26H,8H2,1-2H3,(H,20,21,23,27)/t12-,14-,18-,19-/m1/s1. The number of benzene rings is 1. The van der Waals surface area contributed by atoms with Gasteiger partial charge in [0.2, 0.25) is 0 Å². The van der Waals surface area contributed by atoms with Crippen molar-refractivity contribution in [2.45, 2.75) is 31.0 Å². The molecule has 29 heavy (non-hydrogen) atoms. The third-order valence-corrected chi connectivity index (χ3v) is 5.23. The summed E-state index contributed by atoms with van der Waals surface area (Å²) in [5.74, 6) is -0.0752. The van der Waals surface area contributed by atoms with Gasteiger partial charge in [0.15, 0.2) is 23.2 Å². The van der Waals surface area contributed by atoms with Crippen LogP contribution in [0.4, 0.5) is 5.82 Å². The van der Waals surface area contributed by atoms with Crippen LogP contribution < -0.4 is 5.32 Å². The topological polar surface area (TPSA) is 132 Å². The van der Waals surface area contributed by atoms with Gasteiger partial charge < -0.3 is 25.0 Å². The zero-order chi connectivity index (χ0) is 20.6. The number of aliphatic hydroxyl groups excluding tert-OH is 2. The van der Waals surface area contributed by atoms with Gasteiger partial charge in [-0.25, -0.2) is 15.0 Å². The molecule has 1 amide bonds. The van der Waals surface area contributed by atoms with E-state index >= 15 is 0 Å². The Kier molecular flexibility index (Phi) is 5.01. The molecule has 0 spiro atoms. The molecule has 2 aromatic heterocycles. The molecule has 3 aromatic rings. The summed E-state index contributed by atoms with van der Waals surface area (Å²) in [5, 5.41) is 22.8. The molecule has 1 aliphatic rings. The summed E-state index contributed by atoms with van der Waals surface area (Å²) in [6, 6.07) is 8.75. The lowest BCUT2D eigenvalue weighted by molar-refractivity contribution is -0.119. The van der Waals surface area contributed by atoms with Crippen LogP contribution >= 0.6 is 0 Å². The molecule has 4 atom stereocenters. The summed E-state index contributed by atoms with van der Waals surface area (Å²) in [6.07, 6.45) is 0.115. The zero-order valence-electron chi connectivity index (χ0n) is 15.9. The van der Waals surface area contributed by atoms with Gasteiger partial charge in [-0.1, -0.05) is 18.2 Å². The molecule has 0 aliphatic carbocycles. The molecule has 0 unspecified atom stereocenters. The SMILES string of the molecule is CO[C@]1(C)[C@H](O)[C@@H](CO)O[C@H]1n1cnc2c(NC(=O)c3ccccc3)ncnc21. The van der Waals surface area contributed by atoms with Gasteiger partial charge in [0.1, 0.15) is 24.1 Å². The van der Waals surface area contributed by atoms with Gasteiger partial charge in [0.25, 0.3) is 5.91 Å². The molecule has 1 fully saturated rings. The van der Waals surface area contributed by atoms with Crippen molar-refractivity contribution < 1.29 is 24.5 Å². The molecular formula is C19H21N5O5. The van der Waals surface area contributed by atoms with Gasteiger partial charge in [0.05, 0.1) is 12.9 Å². The van der Waals surface area contributed by atoms with Crippen molar-refractivity contribution >= 4 is 22.9 Å². The van der Waals surface area contributed by atoms with Gasteiger partial charge in [-0.2, -0.15) is 0 Å². The van der Waals surface area contributed by atoms with Gasteiger partial charge in [-0.3, -0.25) is 9.36 Å². The number of ether oxygens (including phenoxy) is 2. The van der Waals surface area contributed by atoms with E-state index in [1.807, 2.05) is 6.07 Å². The number of imidazole rings is 1. The first-order valence-corrected chi connectivity index (χ1v) is 9.03. The molecule has 0 saturated carbocycles. The molecule has 1 aromatic carbocycles. The van der Waals surface area contributed by atoms with Crippen LogP contribution in [-0.2, 0) is 9.47 Å². The average molecular weight is 399 g/mol. The van der Waals surface area contributed by atoms with Crippen LogP contribution in [0.3, 0.4) is 0 Å². The van der Waals surface area contributed by atoms with E-state index in [-0.39, 0.29) is 18.3 Å². The van der Waals surface area contributed by atoms with Gasteiger partial charge in [-0.15, -0.1) is 0 Å². The van der Waals surface area contributed by atoms with E-state index < -0.39 is 24.0 Å². The number of hydrogen-bond donors (Lipinski definition) is 3. The van der Waals surface area contributed by atoms with E-state index in [0.717, 1.165) is 0 Å². The molecule has 10 heteroatoms. The van der Waals surface area contributed by atoms with Crippen molar-refractivity contribution in [1.29, 1.82) is 0 Å². The number of fused-ring (bicyclic) bond motifs is 1. The highest BCUT2D eigenvalue weighted by Gasteiger charge is 2.54. The second-order valence-corrected chi connectivity index (χ2v) is 6.91. The lowest BCUT2D eigenvalue weighted by atomic mass is 9.96. The molecule has 3 N–H and O–H groups in total. The van der Waals surface area contributed by atoms with Crippen molar-refractivity contribution in [3.63, 3.8) is 0 Å². The first-order chi connectivity index (χ1) is 14.0. The van der Waals surface area contributed by atoms with Crippen LogP contribution in [0.25, 0.3) is 11.2 Å². The molecule has 3 heterocycles. The fourth-order valence-electron chi connectivity index (χ4n) is 3.48. The Morgan fingerprint density at radius 1 is 1.31 bits per heavy atom. The van der Waals surface area contributed by atoms with Crippen molar-refractivity contribution in [1.82, 2.24) is 19.5 Å². The van der Waals surface area contributed by atoms with E-state index in [4.69, 9.17) is 9.47 Å². The van der Waals surface area contributed by atoms with E-state index in [1.54, 1.807) is 35.8 Å². The summed E-state index contributed by atoms with van der Waals surface area (Å²) in [4.78, 5) is 25.2. The molecule has 0 bridgehead atoms. The lowest BCUT2D eigenvalue weighted by Crippen LogP contribution is -2.46. The predicted octanol–water partition coefficient (Wildman–Crippen LogP) is 0.734. The van der Waals surface area contributed by atoms with Crippen molar-refractivity contribution in [2.24, 2.45) is 0 Å².